The normalized spacial score (nSPS) is 10.9. The molecule has 0 radical (unpaired) electrons. The van der Waals surface area contributed by atoms with Crippen molar-refractivity contribution in [1.29, 1.82) is 0 Å². The summed E-state index contributed by atoms with van der Waals surface area (Å²) in [6.07, 6.45) is -0.669. The molecular formula is C13H22F2N4O. The van der Waals surface area contributed by atoms with Crippen molar-refractivity contribution in [2.24, 2.45) is 0 Å². The van der Waals surface area contributed by atoms with E-state index in [0.29, 0.717) is 12.4 Å². The average molecular weight is 288 g/mol. The molecule has 1 aromatic heterocycles. The maximum absolute atomic E-state index is 11.9. The van der Waals surface area contributed by atoms with Gasteiger partial charge in [-0.05, 0) is 13.3 Å². The van der Waals surface area contributed by atoms with E-state index in [1.54, 1.807) is 7.05 Å². The zero-order valence-corrected chi connectivity index (χ0v) is 12.2. The number of hydrogen-bond donors (Lipinski definition) is 2. The molecule has 0 aliphatic carbocycles. The van der Waals surface area contributed by atoms with Gasteiger partial charge in [0.15, 0.2) is 0 Å². The second-order valence-electron chi connectivity index (χ2n) is 4.35. The van der Waals surface area contributed by atoms with E-state index in [2.05, 4.69) is 27.5 Å². The van der Waals surface area contributed by atoms with Crippen LogP contribution in [0.3, 0.4) is 0 Å². The van der Waals surface area contributed by atoms with Gasteiger partial charge in [-0.3, -0.25) is 0 Å². The van der Waals surface area contributed by atoms with E-state index in [1.807, 2.05) is 6.92 Å². The van der Waals surface area contributed by atoms with Gasteiger partial charge in [-0.2, -0.15) is 0 Å². The monoisotopic (exact) mass is 288 g/mol. The maximum Gasteiger partial charge on any atom is 0.261 e. The van der Waals surface area contributed by atoms with Gasteiger partial charge in [0.25, 0.3) is 6.43 Å². The Labute approximate surface area is 118 Å². The summed E-state index contributed by atoms with van der Waals surface area (Å²) < 4.78 is 28.6. The number of anilines is 2. The summed E-state index contributed by atoms with van der Waals surface area (Å²) in [5, 5.41) is 6.13. The summed E-state index contributed by atoms with van der Waals surface area (Å²) in [6.45, 7) is 4.08. The van der Waals surface area contributed by atoms with E-state index < -0.39 is 13.0 Å². The summed E-state index contributed by atoms with van der Waals surface area (Å²) in [5.74, 6) is 2.26. The van der Waals surface area contributed by atoms with Gasteiger partial charge in [0.2, 0.25) is 0 Å². The van der Waals surface area contributed by atoms with Crippen molar-refractivity contribution in [2.45, 2.75) is 33.1 Å². The number of halogens is 2. The third-order valence-corrected chi connectivity index (χ3v) is 2.69. The SMILES string of the molecule is CCCc1nc(NC)c(C)c(NCCOCC(F)F)n1. The Morgan fingerprint density at radius 1 is 1.25 bits per heavy atom. The highest BCUT2D eigenvalue weighted by atomic mass is 19.3. The van der Waals surface area contributed by atoms with Gasteiger partial charge in [0.1, 0.15) is 24.1 Å². The molecule has 0 spiro atoms. The number of nitrogens with one attached hydrogen (secondary N) is 2. The first-order chi connectivity index (χ1) is 9.58. The van der Waals surface area contributed by atoms with Crippen molar-refractivity contribution >= 4 is 11.6 Å². The summed E-state index contributed by atoms with van der Waals surface area (Å²) in [5.41, 5.74) is 0.904. The molecule has 0 saturated heterocycles. The van der Waals surface area contributed by atoms with E-state index >= 15 is 0 Å². The van der Waals surface area contributed by atoms with Crippen LogP contribution >= 0.6 is 0 Å². The second kappa shape index (κ2) is 8.63. The molecule has 1 heterocycles. The van der Waals surface area contributed by atoms with E-state index in [9.17, 15) is 8.78 Å². The smallest absolute Gasteiger partial charge is 0.261 e. The molecule has 7 heteroatoms. The fourth-order valence-corrected chi connectivity index (χ4v) is 1.73. The van der Waals surface area contributed by atoms with Crippen molar-refractivity contribution in [3.05, 3.63) is 11.4 Å². The van der Waals surface area contributed by atoms with Crippen molar-refractivity contribution in [2.75, 3.05) is 37.4 Å². The first-order valence-electron chi connectivity index (χ1n) is 6.73. The van der Waals surface area contributed by atoms with E-state index in [-0.39, 0.29) is 6.61 Å². The molecule has 0 atom stereocenters. The molecule has 0 aliphatic heterocycles. The Kier molecular flexibility index (Phi) is 7.14. The predicted molar refractivity (Wildman–Crippen MR) is 75.6 cm³/mol. The van der Waals surface area contributed by atoms with Gasteiger partial charge < -0.3 is 15.4 Å². The molecule has 0 saturated carbocycles. The standard InChI is InChI=1S/C13H22F2N4O/c1-4-5-11-18-12(16-3)9(2)13(19-11)17-6-7-20-8-10(14)15/h10H,4-8H2,1-3H3,(H2,16,17,18,19). The van der Waals surface area contributed by atoms with Gasteiger partial charge in [-0.25, -0.2) is 18.7 Å². The van der Waals surface area contributed by atoms with Crippen molar-refractivity contribution < 1.29 is 13.5 Å². The van der Waals surface area contributed by atoms with Crippen LogP contribution in [0, 0.1) is 6.92 Å². The second-order valence-corrected chi connectivity index (χ2v) is 4.35. The third kappa shape index (κ3) is 5.24. The molecule has 0 aliphatic rings. The quantitative estimate of drug-likeness (QED) is 0.684. The fraction of sp³-hybridized carbons (Fsp3) is 0.692. The van der Waals surface area contributed by atoms with Crippen molar-refractivity contribution in [3.8, 4) is 0 Å². The van der Waals surface area contributed by atoms with E-state index in [4.69, 9.17) is 4.74 Å². The molecule has 0 aromatic carbocycles. The van der Waals surface area contributed by atoms with Crippen LogP contribution in [0.15, 0.2) is 0 Å². The van der Waals surface area contributed by atoms with Crippen molar-refractivity contribution in [1.82, 2.24) is 9.97 Å². The molecule has 0 bridgehead atoms. The van der Waals surface area contributed by atoms with Crippen molar-refractivity contribution in [3.63, 3.8) is 0 Å². The summed E-state index contributed by atoms with van der Waals surface area (Å²) >= 11 is 0. The minimum Gasteiger partial charge on any atom is -0.374 e. The maximum atomic E-state index is 11.9. The molecular weight excluding hydrogens is 266 g/mol. The minimum absolute atomic E-state index is 0.214. The Morgan fingerprint density at radius 3 is 2.55 bits per heavy atom. The fourth-order valence-electron chi connectivity index (χ4n) is 1.73. The van der Waals surface area contributed by atoms with Crippen LogP contribution in [0.2, 0.25) is 0 Å². The molecule has 5 nitrogen and oxygen atoms in total. The number of rotatable bonds is 9. The number of hydrogen-bond acceptors (Lipinski definition) is 5. The van der Waals surface area contributed by atoms with Gasteiger partial charge in [0.05, 0.1) is 6.61 Å². The molecule has 114 valence electrons. The average Bonchev–Trinajstić information content (AvgIpc) is 2.41. The largest absolute Gasteiger partial charge is 0.374 e. The molecule has 20 heavy (non-hydrogen) atoms. The lowest BCUT2D eigenvalue weighted by atomic mass is 10.2. The number of alkyl halides is 2. The molecule has 2 N–H and O–H groups in total. The van der Waals surface area contributed by atoms with Crippen LogP contribution in [0.1, 0.15) is 24.7 Å². The zero-order chi connectivity index (χ0) is 15.0. The lowest BCUT2D eigenvalue weighted by Crippen LogP contribution is -2.16. The Bertz CT molecular complexity index is 416. The first-order valence-corrected chi connectivity index (χ1v) is 6.73. The van der Waals surface area contributed by atoms with Gasteiger partial charge in [-0.15, -0.1) is 0 Å². The number of nitrogens with zero attached hydrogens (tertiary/aromatic N) is 2. The molecule has 1 rings (SSSR count). The molecule has 0 amide bonds. The summed E-state index contributed by atoms with van der Waals surface area (Å²) in [4.78, 5) is 8.85. The predicted octanol–water partition coefficient (Wildman–Crippen LogP) is 2.47. The Morgan fingerprint density at radius 2 is 1.95 bits per heavy atom. The number of aryl methyl sites for hydroxylation is 1. The highest BCUT2D eigenvalue weighted by Crippen LogP contribution is 2.19. The van der Waals surface area contributed by atoms with E-state index in [0.717, 1.165) is 30.0 Å². The Hall–Kier alpha value is -1.50. The lowest BCUT2D eigenvalue weighted by Gasteiger charge is -2.13. The lowest BCUT2D eigenvalue weighted by molar-refractivity contribution is 0.0214. The highest BCUT2D eigenvalue weighted by molar-refractivity contribution is 5.56. The van der Waals surface area contributed by atoms with Crippen LogP contribution < -0.4 is 10.6 Å². The van der Waals surface area contributed by atoms with Gasteiger partial charge >= 0.3 is 0 Å². The van der Waals surface area contributed by atoms with Crippen LogP contribution in [0.25, 0.3) is 0 Å². The number of aromatic nitrogens is 2. The molecule has 1 aromatic rings. The topological polar surface area (TPSA) is 59.1 Å². The highest BCUT2D eigenvalue weighted by Gasteiger charge is 2.09. The Balaban J connectivity index is 2.61. The first kappa shape index (κ1) is 16.6. The zero-order valence-electron chi connectivity index (χ0n) is 12.2. The van der Waals surface area contributed by atoms with E-state index in [1.165, 1.54) is 0 Å². The van der Waals surface area contributed by atoms with Gasteiger partial charge in [0, 0.05) is 25.6 Å². The summed E-state index contributed by atoms with van der Waals surface area (Å²) in [6, 6.07) is 0. The third-order valence-electron chi connectivity index (χ3n) is 2.69. The summed E-state index contributed by atoms with van der Waals surface area (Å²) in [7, 11) is 1.81. The molecule has 0 unspecified atom stereocenters. The molecule has 0 fully saturated rings. The van der Waals surface area contributed by atoms with Crippen LogP contribution in [0.4, 0.5) is 20.4 Å². The van der Waals surface area contributed by atoms with Crippen LogP contribution in [-0.4, -0.2) is 43.2 Å². The minimum atomic E-state index is -2.43. The number of ether oxygens (including phenoxy) is 1. The van der Waals surface area contributed by atoms with Crippen LogP contribution in [0.5, 0.6) is 0 Å². The van der Waals surface area contributed by atoms with Gasteiger partial charge in [-0.1, -0.05) is 6.92 Å². The van der Waals surface area contributed by atoms with Crippen LogP contribution in [-0.2, 0) is 11.2 Å².